The molecular weight excluding hydrogens is 279 g/mol. The molecule has 0 atom stereocenters. The van der Waals surface area contributed by atoms with Crippen molar-refractivity contribution in [3.63, 3.8) is 0 Å². The van der Waals surface area contributed by atoms with E-state index in [1.165, 1.54) is 0 Å². The molecule has 4 heteroatoms. The molecule has 0 amide bonds. The zero-order valence-electron chi connectivity index (χ0n) is 8.43. The van der Waals surface area contributed by atoms with Gasteiger partial charge in [0.05, 0.1) is 13.0 Å². The van der Waals surface area contributed by atoms with Crippen molar-refractivity contribution in [1.29, 1.82) is 0 Å². The van der Waals surface area contributed by atoms with Crippen molar-refractivity contribution in [2.24, 2.45) is 0 Å². The molecule has 0 aromatic heterocycles. The van der Waals surface area contributed by atoms with Gasteiger partial charge in [-0.25, -0.2) is 0 Å². The third kappa shape index (κ3) is 3.21. The summed E-state index contributed by atoms with van der Waals surface area (Å²) in [5, 5.41) is 0.703. The largest absolute Gasteiger partial charge is 0.496 e. The SMILES string of the molecule is COc1cccc(CBr)c1CC(=O)CCl. The van der Waals surface area contributed by atoms with Gasteiger partial charge in [-0.1, -0.05) is 28.1 Å². The molecule has 0 N–H and O–H groups in total. The summed E-state index contributed by atoms with van der Waals surface area (Å²) in [5.74, 6) is 0.786. The van der Waals surface area contributed by atoms with Crippen molar-refractivity contribution in [2.75, 3.05) is 13.0 Å². The minimum atomic E-state index is 0.00312. The van der Waals surface area contributed by atoms with Crippen LogP contribution in [0.3, 0.4) is 0 Å². The number of halogens is 2. The summed E-state index contributed by atoms with van der Waals surface area (Å²) in [6.07, 6.45) is 0.328. The Bertz CT molecular complexity index is 330. The summed E-state index contributed by atoms with van der Waals surface area (Å²) in [4.78, 5) is 11.3. The Morgan fingerprint density at radius 2 is 2.27 bits per heavy atom. The number of benzene rings is 1. The fraction of sp³-hybridized carbons (Fsp3) is 0.364. The third-order valence-corrected chi connectivity index (χ3v) is 3.02. The Hall–Kier alpha value is -0.540. The molecule has 1 aromatic carbocycles. The van der Waals surface area contributed by atoms with Gasteiger partial charge in [-0.2, -0.15) is 0 Å². The lowest BCUT2D eigenvalue weighted by Crippen LogP contribution is -2.07. The molecule has 0 aliphatic carbocycles. The lowest BCUT2D eigenvalue weighted by Gasteiger charge is -2.11. The molecule has 0 fully saturated rings. The summed E-state index contributed by atoms with van der Waals surface area (Å²) in [5.41, 5.74) is 1.98. The number of methoxy groups -OCH3 is 1. The Balaban J connectivity index is 3.05. The highest BCUT2D eigenvalue weighted by atomic mass is 79.9. The molecule has 15 heavy (non-hydrogen) atoms. The molecule has 0 aliphatic rings. The molecule has 0 bridgehead atoms. The van der Waals surface area contributed by atoms with Gasteiger partial charge < -0.3 is 4.74 Å². The van der Waals surface area contributed by atoms with Gasteiger partial charge in [0.1, 0.15) is 5.75 Å². The predicted molar refractivity (Wildman–Crippen MR) is 65.1 cm³/mol. The molecule has 82 valence electrons. The molecule has 0 radical (unpaired) electrons. The van der Waals surface area contributed by atoms with Crippen LogP contribution in [0.15, 0.2) is 18.2 Å². The second kappa shape index (κ2) is 6.13. The first-order valence-corrected chi connectivity index (χ1v) is 6.17. The quantitative estimate of drug-likeness (QED) is 0.780. The molecular formula is C11H12BrClO2. The lowest BCUT2D eigenvalue weighted by atomic mass is 10.0. The van der Waals surface area contributed by atoms with Crippen LogP contribution in [-0.2, 0) is 16.5 Å². The van der Waals surface area contributed by atoms with Crippen molar-refractivity contribution < 1.29 is 9.53 Å². The van der Waals surface area contributed by atoms with Gasteiger partial charge in [0.15, 0.2) is 5.78 Å². The highest BCUT2D eigenvalue weighted by Crippen LogP contribution is 2.24. The van der Waals surface area contributed by atoms with Crippen LogP contribution in [0, 0.1) is 0 Å². The molecule has 2 nitrogen and oxygen atoms in total. The van der Waals surface area contributed by atoms with E-state index in [-0.39, 0.29) is 11.7 Å². The normalized spacial score (nSPS) is 10.1. The maximum absolute atomic E-state index is 11.3. The van der Waals surface area contributed by atoms with Crippen LogP contribution in [0.5, 0.6) is 5.75 Å². The first-order valence-electron chi connectivity index (χ1n) is 4.51. The lowest BCUT2D eigenvalue weighted by molar-refractivity contribution is -0.116. The van der Waals surface area contributed by atoms with E-state index >= 15 is 0 Å². The maximum Gasteiger partial charge on any atom is 0.152 e. The highest BCUT2D eigenvalue weighted by molar-refractivity contribution is 9.08. The second-order valence-corrected chi connectivity index (χ2v) is 3.91. The maximum atomic E-state index is 11.3. The molecule has 1 rings (SSSR count). The molecule has 0 unspecified atom stereocenters. The summed E-state index contributed by atoms with van der Waals surface area (Å²) in [6, 6.07) is 5.72. The predicted octanol–water partition coefficient (Wildman–Crippen LogP) is 2.94. The Morgan fingerprint density at radius 1 is 1.53 bits per heavy atom. The number of carbonyl (C=O) groups excluding carboxylic acids is 1. The number of hydrogen-bond donors (Lipinski definition) is 0. The molecule has 0 heterocycles. The van der Waals surface area contributed by atoms with Crippen LogP contribution in [0.25, 0.3) is 0 Å². The van der Waals surface area contributed by atoms with Crippen LogP contribution < -0.4 is 4.74 Å². The summed E-state index contributed by atoms with van der Waals surface area (Å²) in [6.45, 7) is 0. The van der Waals surface area contributed by atoms with Gasteiger partial charge in [0, 0.05) is 17.3 Å². The number of hydrogen-bond acceptors (Lipinski definition) is 2. The van der Waals surface area contributed by atoms with E-state index in [1.807, 2.05) is 18.2 Å². The standard InChI is InChI=1S/C11H12BrClO2/c1-15-11-4-2-3-8(6-12)10(11)5-9(14)7-13/h2-4H,5-7H2,1H3. The van der Waals surface area contributed by atoms with Crippen molar-refractivity contribution in [3.05, 3.63) is 29.3 Å². The second-order valence-electron chi connectivity index (χ2n) is 3.08. The smallest absolute Gasteiger partial charge is 0.152 e. The van der Waals surface area contributed by atoms with Crippen LogP contribution in [0.1, 0.15) is 11.1 Å². The van der Waals surface area contributed by atoms with Gasteiger partial charge in [0.2, 0.25) is 0 Å². The van der Waals surface area contributed by atoms with Crippen LogP contribution >= 0.6 is 27.5 Å². The number of rotatable bonds is 5. The summed E-state index contributed by atoms with van der Waals surface area (Å²) < 4.78 is 5.22. The number of alkyl halides is 2. The van der Waals surface area contributed by atoms with E-state index in [0.717, 1.165) is 16.9 Å². The van der Waals surface area contributed by atoms with Crippen molar-refractivity contribution in [1.82, 2.24) is 0 Å². The number of ether oxygens (including phenoxy) is 1. The van der Waals surface area contributed by atoms with E-state index in [2.05, 4.69) is 15.9 Å². The van der Waals surface area contributed by atoms with Crippen molar-refractivity contribution in [3.8, 4) is 5.75 Å². The van der Waals surface area contributed by atoms with Crippen LogP contribution in [-0.4, -0.2) is 18.8 Å². The zero-order chi connectivity index (χ0) is 11.3. The average molecular weight is 292 g/mol. The fourth-order valence-corrected chi connectivity index (χ4v) is 1.99. The Morgan fingerprint density at radius 3 is 2.80 bits per heavy atom. The van der Waals surface area contributed by atoms with E-state index in [9.17, 15) is 4.79 Å². The summed E-state index contributed by atoms with van der Waals surface area (Å²) >= 11 is 8.87. The highest BCUT2D eigenvalue weighted by Gasteiger charge is 2.11. The molecule has 0 saturated heterocycles. The van der Waals surface area contributed by atoms with Crippen LogP contribution in [0.4, 0.5) is 0 Å². The van der Waals surface area contributed by atoms with Crippen LogP contribution in [0.2, 0.25) is 0 Å². The zero-order valence-corrected chi connectivity index (χ0v) is 10.8. The Kier molecular flexibility index (Phi) is 5.12. The average Bonchev–Trinajstić information content (AvgIpc) is 2.29. The van der Waals surface area contributed by atoms with Gasteiger partial charge in [0.25, 0.3) is 0 Å². The summed E-state index contributed by atoms with van der Waals surface area (Å²) in [7, 11) is 1.60. The first kappa shape index (κ1) is 12.5. The minimum Gasteiger partial charge on any atom is -0.496 e. The minimum absolute atomic E-state index is 0.00312. The molecule has 0 saturated carbocycles. The van der Waals surface area contributed by atoms with Gasteiger partial charge in [-0.05, 0) is 11.6 Å². The molecule has 1 aromatic rings. The van der Waals surface area contributed by atoms with E-state index in [0.29, 0.717) is 11.8 Å². The first-order chi connectivity index (χ1) is 7.22. The number of ketones is 1. The van der Waals surface area contributed by atoms with Crippen molar-refractivity contribution >= 4 is 33.3 Å². The number of carbonyl (C=O) groups is 1. The molecule has 0 aliphatic heterocycles. The van der Waals surface area contributed by atoms with Gasteiger partial charge in [-0.3, -0.25) is 4.79 Å². The van der Waals surface area contributed by atoms with E-state index < -0.39 is 0 Å². The van der Waals surface area contributed by atoms with Gasteiger partial charge >= 0.3 is 0 Å². The molecule has 0 spiro atoms. The van der Waals surface area contributed by atoms with E-state index in [4.69, 9.17) is 16.3 Å². The Labute approximate surface area is 103 Å². The fourth-order valence-electron chi connectivity index (χ4n) is 1.37. The third-order valence-electron chi connectivity index (χ3n) is 2.12. The topological polar surface area (TPSA) is 26.3 Å². The monoisotopic (exact) mass is 290 g/mol. The number of Topliss-reactive ketones (excluding diaryl/α,β-unsaturated/α-hetero) is 1. The van der Waals surface area contributed by atoms with Gasteiger partial charge in [-0.15, -0.1) is 11.6 Å². The van der Waals surface area contributed by atoms with Crippen molar-refractivity contribution in [2.45, 2.75) is 11.8 Å². The van der Waals surface area contributed by atoms with E-state index in [1.54, 1.807) is 7.11 Å².